The molecule has 1 atom stereocenters. The van der Waals surface area contributed by atoms with Gasteiger partial charge in [-0.05, 0) is 68.5 Å². The Kier molecular flexibility index (Phi) is 9.00. The predicted octanol–water partition coefficient (Wildman–Crippen LogP) is 6.03. The van der Waals surface area contributed by atoms with Gasteiger partial charge in [0.1, 0.15) is 0 Å². The monoisotopic (exact) mass is 582 g/mol. The highest BCUT2D eigenvalue weighted by Gasteiger charge is 2.31. The smallest absolute Gasteiger partial charge is 0.272 e. The van der Waals surface area contributed by atoms with Crippen molar-refractivity contribution in [3.05, 3.63) is 81.8 Å². The van der Waals surface area contributed by atoms with E-state index in [9.17, 15) is 4.79 Å². The number of anilines is 4. The van der Waals surface area contributed by atoms with Crippen LogP contribution in [0.2, 0.25) is 10.0 Å². The van der Waals surface area contributed by atoms with Crippen molar-refractivity contribution in [3.63, 3.8) is 0 Å². The molecule has 0 saturated carbocycles. The summed E-state index contributed by atoms with van der Waals surface area (Å²) in [4.78, 5) is 24.3. The minimum Gasteiger partial charge on any atom is -0.376 e. The number of benzene rings is 3. The van der Waals surface area contributed by atoms with Gasteiger partial charge in [-0.1, -0.05) is 41.4 Å². The number of likely N-dealkylation sites (N-methyl/N-ethyl adjacent to an activating group) is 1. The lowest BCUT2D eigenvalue weighted by atomic mass is 10.00. The molecule has 1 aliphatic rings. The quantitative estimate of drug-likeness (QED) is 0.331. The summed E-state index contributed by atoms with van der Waals surface area (Å²) >= 11 is 18.6. The fourth-order valence-electron chi connectivity index (χ4n) is 4.57. The third-order valence-corrected chi connectivity index (χ3v) is 7.42. The number of amides is 1. The van der Waals surface area contributed by atoms with Crippen LogP contribution in [-0.2, 0) is 4.79 Å². The molecule has 0 aliphatic carbocycles. The minimum atomic E-state index is -0.995. The van der Waals surface area contributed by atoms with Crippen LogP contribution in [0, 0.1) is 0 Å². The Hall–Kier alpha value is -3.33. The van der Waals surface area contributed by atoms with Crippen molar-refractivity contribution in [2.75, 3.05) is 54.2 Å². The first kappa shape index (κ1) is 28.7. The molecule has 1 unspecified atom stereocenters. The van der Waals surface area contributed by atoms with Gasteiger partial charge in [0.15, 0.2) is 5.11 Å². The molecule has 4 rings (SSSR count). The van der Waals surface area contributed by atoms with Crippen molar-refractivity contribution >= 4 is 74.9 Å². The number of nitrogens with one attached hydrogen (secondary N) is 2. The van der Waals surface area contributed by atoms with Gasteiger partial charge in [-0.15, -0.1) is 0 Å². The van der Waals surface area contributed by atoms with Gasteiger partial charge in [-0.3, -0.25) is 4.79 Å². The molecule has 3 aromatic carbocycles. The standard InChI is InChI=1S/C29H32Cl2N6OS/c1-6-37(7-2)19-13-14-23(25(17-19)35(3)4)32-29(39)34-27-28(38)36(5)24-15-12-18(30)16-21(24)26(33-27)20-10-8-9-11-22(20)31/h8-17,27H,6-7H2,1-5H3,(H2,32,34,39). The Morgan fingerprint density at radius 2 is 1.74 bits per heavy atom. The van der Waals surface area contributed by atoms with Crippen molar-refractivity contribution in [2.24, 2.45) is 4.99 Å². The van der Waals surface area contributed by atoms with Gasteiger partial charge in [0.2, 0.25) is 6.17 Å². The number of hydrogen-bond donors (Lipinski definition) is 2. The third kappa shape index (κ3) is 6.13. The van der Waals surface area contributed by atoms with Crippen LogP contribution < -0.4 is 25.3 Å². The lowest BCUT2D eigenvalue weighted by Gasteiger charge is -2.26. The minimum absolute atomic E-state index is 0.269. The lowest BCUT2D eigenvalue weighted by molar-refractivity contribution is -0.119. The van der Waals surface area contributed by atoms with Crippen molar-refractivity contribution in [1.82, 2.24) is 5.32 Å². The van der Waals surface area contributed by atoms with Crippen LogP contribution >= 0.6 is 35.4 Å². The van der Waals surface area contributed by atoms with Gasteiger partial charge in [0.05, 0.1) is 22.8 Å². The highest BCUT2D eigenvalue weighted by Crippen LogP contribution is 2.33. The van der Waals surface area contributed by atoms with E-state index in [2.05, 4.69) is 41.5 Å². The molecule has 0 bridgehead atoms. The number of fused-ring (bicyclic) bond motifs is 1. The Morgan fingerprint density at radius 1 is 1.03 bits per heavy atom. The normalized spacial score (nSPS) is 14.7. The van der Waals surface area contributed by atoms with E-state index in [0.717, 1.165) is 30.2 Å². The molecular weight excluding hydrogens is 551 g/mol. The molecule has 3 aromatic rings. The summed E-state index contributed by atoms with van der Waals surface area (Å²) in [6.45, 7) is 6.09. The largest absolute Gasteiger partial charge is 0.376 e. The zero-order chi connectivity index (χ0) is 28.3. The lowest BCUT2D eigenvalue weighted by Crippen LogP contribution is -2.47. The SMILES string of the molecule is CCN(CC)c1ccc(NC(=S)NC2N=C(c3ccccc3Cl)c3cc(Cl)ccc3N(C)C2=O)c(N(C)C)c1. The van der Waals surface area contributed by atoms with Crippen LogP contribution in [0.1, 0.15) is 25.0 Å². The number of carbonyl (C=O) groups is 1. The van der Waals surface area contributed by atoms with E-state index in [1.165, 1.54) is 0 Å². The molecule has 1 aliphatic heterocycles. The number of halogens is 2. The average Bonchev–Trinajstić information content (AvgIpc) is 3.00. The maximum absolute atomic E-state index is 13.6. The number of thiocarbonyl (C=S) groups is 1. The highest BCUT2D eigenvalue weighted by atomic mass is 35.5. The van der Waals surface area contributed by atoms with Gasteiger partial charge in [0.25, 0.3) is 5.91 Å². The van der Waals surface area contributed by atoms with Crippen LogP contribution in [0.25, 0.3) is 0 Å². The highest BCUT2D eigenvalue weighted by molar-refractivity contribution is 7.80. The Labute approximate surface area is 245 Å². The van der Waals surface area contributed by atoms with E-state index in [-0.39, 0.29) is 11.0 Å². The molecule has 39 heavy (non-hydrogen) atoms. The number of rotatable bonds is 7. The van der Waals surface area contributed by atoms with Crippen molar-refractivity contribution in [2.45, 2.75) is 20.0 Å². The molecule has 0 radical (unpaired) electrons. The molecule has 1 heterocycles. The van der Waals surface area contributed by atoms with E-state index in [0.29, 0.717) is 32.6 Å². The molecular formula is C29H32Cl2N6OS. The fourth-order valence-corrected chi connectivity index (χ4v) is 5.19. The van der Waals surface area contributed by atoms with E-state index < -0.39 is 6.17 Å². The van der Waals surface area contributed by atoms with Gasteiger partial charge < -0.3 is 25.3 Å². The maximum Gasteiger partial charge on any atom is 0.272 e. The topological polar surface area (TPSA) is 63.2 Å². The molecule has 0 spiro atoms. The number of aliphatic imine (C=N–C) groups is 1. The first-order valence-corrected chi connectivity index (χ1v) is 13.8. The average molecular weight is 584 g/mol. The number of hydrogen-bond acceptors (Lipinski definition) is 5. The van der Waals surface area contributed by atoms with Crippen LogP contribution in [0.5, 0.6) is 0 Å². The Balaban J connectivity index is 1.69. The molecule has 2 N–H and O–H groups in total. The van der Waals surface area contributed by atoms with Gasteiger partial charge in [-0.2, -0.15) is 0 Å². The zero-order valence-electron chi connectivity index (χ0n) is 22.6. The number of nitrogens with zero attached hydrogens (tertiary/aromatic N) is 4. The summed E-state index contributed by atoms with van der Waals surface area (Å²) < 4.78 is 0. The summed E-state index contributed by atoms with van der Waals surface area (Å²) in [6, 6.07) is 18.9. The van der Waals surface area contributed by atoms with Gasteiger partial charge in [-0.25, -0.2) is 4.99 Å². The summed E-state index contributed by atoms with van der Waals surface area (Å²) in [6.07, 6.45) is -0.995. The van der Waals surface area contributed by atoms with Crippen molar-refractivity contribution < 1.29 is 4.79 Å². The summed E-state index contributed by atoms with van der Waals surface area (Å²) in [5.41, 5.74) is 5.53. The molecule has 1 amide bonds. The first-order valence-electron chi connectivity index (χ1n) is 12.7. The number of benzodiazepines with no additional fused rings is 1. The van der Waals surface area contributed by atoms with Crippen molar-refractivity contribution in [1.29, 1.82) is 0 Å². The summed E-state index contributed by atoms with van der Waals surface area (Å²) in [5, 5.41) is 7.70. The Morgan fingerprint density at radius 3 is 2.41 bits per heavy atom. The zero-order valence-corrected chi connectivity index (χ0v) is 25.0. The molecule has 204 valence electrons. The molecule has 7 nitrogen and oxygen atoms in total. The molecule has 0 aromatic heterocycles. The molecule has 0 saturated heterocycles. The number of carbonyl (C=O) groups excluding carboxylic acids is 1. The first-order chi connectivity index (χ1) is 18.6. The fraction of sp³-hybridized carbons (Fsp3) is 0.276. The summed E-state index contributed by atoms with van der Waals surface area (Å²) in [5.74, 6) is -0.269. The van der Waals surface area contributed by atoms with E-state index in [4.69, 9.17) is 40.4 Å². The van der Waals surface area contributed by atoms with Crippen LogP contribution in [0.3, 0.4) is 0 Å². The second-order valence-corrected chi connectivity index (χ2v) is 10.5. The predicted molar refractivity (Wildman–Crippen MR) is 169 cm³/mol. The van der Waals surface area contributed by atoms with E-state index >= 15 is 0 Å². The van der Waals surface area contributed by atoms with Gasteiger partial charge >= 0.3 is 0 Å². The van der Waals surface area contributed by atoms with Crippen LogP contribution in [0.4, 0.5) is 22.7 Å². The summed E-state index contributed by atoms with van der Waals surface area (Å²) in [7, 11) is 5.67. The third-order valence-electron chi connectivity index (χ3n) is 6.63. The second-order valence-electron chi connectivity index (χ2n) is 9.29. The molecule has 10 heteroatoms. The van der Waals surface area contributed by atoms with Crippen LogP contribution in [-0.4, -0.2) is 57.1 Å². The molecule has 0 fully saturated rings. The van der Waals surface area contributed by atoms with Crippen LogP contribution in [0.15, 0.2) is 65.7 Å². The Bertz CT molecular complexity index is 1420. The van der Waals surface area contributed by atoms with E-state index in [1.54, 1.807) is 30.1 Å². The van der Waals surface area contributed by atoms with E-state index in [1.807, 2.05) is 49.3 Å². The van der Waals surface area contributed by atoms with Gasteiger partial charge in [0, 0.05) is 61.1 Å². The van der Waals surface area contributed by atoms with Crippen molar-refractivity contribution in [3.8, 4) is 0 Å². The second kappa shape index (κ2) is 12.2. The maximum atomic E-state index is 13.6.